The number of rotatable bonds is 3. The third kappa shape index (κ3) is 3.38. The average Bonchev–Trinajstić information content (AvgIpc) is 2.65. The maximum Gasteiger partial charge on any atom is 0.227 e. The molecule has 17 heavy (non-hydrogen) atoms. The summed E-state index contributed by atoms with van der Waals surface area (Å²) >= 11 is 1.62. The summed E-state index contributed by atoms with van der Waals surface area (Å²) in [4.78, 5) is 12.0. The Morgan fingerprint density at radius 3 is 2.41 bits per heavy atom. The van der Waals surface area contributed by atoms with Crippen molar-refractivity contribution in [2.45, 2.75) is 20.4 Å². The van der Waals surface area contributed by atoms with Crippen molar-refractivity contribution in [2.24, 2.45) is 0 Å². The van der Waals surface area contributed by atoms with Crippen molar-refractivity contribution in [3.63, 3.8) is 0 Å². The SMILES string of the molecule is Cc1ccc(C(=O)C[n+]2cscc2C)cc1.[Cl-]. The largest absolute Gasteiger partial charge is 1.00 e. The van der Waals surface area contributed by atoms with Gasteiger partial charge in [0.25, 0.3) is 0 Å². The number of carbonyl (C=O) groups excluding carboxylic acids is 1. The predicted octanol–water partition coefficient (Wildman–Crippen LogP) is -0.461. The molecule has 0 fully saturated rings. The Balaban J connectivity index is 0.00000144. The van der Waals surface area contributed by atoms with Gasteiger partial charge in [0, 0.05) is 12.5 Å². The fraction of sp³-hybridized carbons (Fsp3) is 0.231. The fourth-order valence-corrected chi connectivity index (χ4v) is 2.28. The number of thiazole rings is 1. The fourth-order valence-electron chi connectivity index (χ4n) is 1.50. The number of hydrogen-bond donors (Lipinski definition) is 0. The first-order valence-corrected chi connectivity index (χ1v) is 6.13. The lowest BCUT2D eigenvalue weighted by Crippen LogP contribution is -3.00. The van der Waals surface area contributed by atoms with E-state index in [2.05, 4.69) is 0 Å². The van der Waals surface area contributed by atoms with Crippen LogP contribution in [-0.2, 0) is 6.54 Å². The highest BCUT2D eigenvalue weighted by Crippen LogP contribution is 2.05. The summed E-state index contributed by atoms with van der Waals surface area (Å²) in [5.74, 6) is 0.159. The summed E-state index contributed by atoms with van der Waals surface area (Å²) in [5.41, 5.74) is 5.06. The second kappa shape index (κ2) is 5.94. The first-order valence-electron chi connectivity index (χ1n) is 5.19. The molecule has 2 aromatic rings. The van der Waals surface area contributed by atoms with Crippen molar-refractivity contribution in [2.75, 3.05) is 0 Å². The lowest BCUT2D eigenvalue weighted by molar-refractivity contribution is -0.684. The van der Waals surface area contributed by atoms with E-state index in [-0.39, 0.29) is 18.2 Å². The van der Waals surface area contributed by atoms with Crippen molar-refractivity contribution in [1.82, 2.24) is 0 Å². The highest BCUT2D eigenvalue weighted by atomic mass is 35.5. The Morgan fingerprint density at radius 2 is 1.88 bits per heavy atom. The van der Waals surface area contributed by atoms with E-state index in [0.29, 0.717) is 6.54 Å². The molecule has 90 valence electrons. The van der Waals surface area contributed by atoms with Gasteiger partial charge in [-0.2, -0.15) is 4.57 Å². The lowest BCUT2D eigenvalue weighted by Gasteiger charge is -1.98. The second-order valence-corrected chi connectivity index (χ2v) is 4.64. The number of ketones is 1. The molecule has 0 bridgehead atoms. The quantitative estimate of drug-likeness (QED) is 0.545. The molecule has 0 N–H and O–H groups in total. The van der Waals surface area contributed by atoms with Gasteiger partial charge in [-0.1, -0.05) is 41.2 Å². The van der Waals surface area contributed by atoms with Crippen LogP contribution < -0.4 is 17.0 Å². The monoisotopic (exact) mass is 267 g/mol. The van der Waals surface area contributed by atoms with Crippen molar-refractivity contribution >= 4 is 17.1 Å². The summed E-state index contributed by atoms with van der Waals surface area (Å²) < 4.78 is 1.98. The molecule has 0 saturated carbocycles. The molecular weight excluding hydrogens is 254 g/mol. The van der Waals surface area contributed by atoms with Gasteiger partial charge < -0.3 is 12.4 Å². The Hall–Kier alpha value is -1.19. The zero-order chi connectivity index (χ0) is 11.5. The first kappa shape index (κ1) is 13.9. The molecule has 2 rings (SSSR count). The van der Waals surface area contributed by atoms with Crippen molar-refractivity contribution in [3.05, 3.63) is 52.0 Å². The Kier molecular flexibility index (Phi) is 4.85. The highest BCUT2D eigenvalue weighted by Gasteiger charge is 2.14. The van der Waals surface area contributed by atoms with Crippen LogP contribution in [0, 0.1) is 13.8 Å². The van der Waals surface area contributed by atoms with Crippen LogP contribution in [0.1, 0.15) is 21.6 Å². The minimum Gasteiger partial charge on any atom is -1.00 e. The first-order chi connectivity index (χ1) is 7.66. The number of nitrogens with zero attached hydrogens (tertiary/aromatic N) is 1. The standard InChI is InChI=1S/C13H14NOS.ClH/c1-10-3-5-12(6-4-10)13(15)7-14-9-16-8-11(14)2;/h3-6,8-9H,7H2,1-2H3;1H/q+1;/p-1. The van der Waals surface area contributed by atoms with Crippen LogP contribution in [-0.4, -0.2) is 5.78 Å². The van der Waals surface area contributed by atoms with E-state index in [1.165, 1.54) is 5.56 Å². The van der Waals surface area contributed by atoms with Gasteiger partial charge >= 0.3 is 0 Å². The van der Waals surface area contributed by atoms with Crippen LogP contribution in [0.5, 0.6) is 0 Å². The molecule has 1 heterocycles. The van der Waals surface area contributed by atoms with E-state index in [1.807, 2.05) is 53.6 Å². The van der Waals surface area contributed by atoms with Crippen LogP contribution >= 0.6 is 11.3 Å². The molecule has 2 nitrogen and oxygen atoms in total. The summed E-state index contributed by atoms with van der Waals surface area (Å²) in [7, 11) is 0. The molecule has 4 heteroatoms. The van der Waals surface area contributed by atoms with Gasteiger partial charge in [0.2, 0.25) is 17.8 Å². The highest BCUT2D eigenvalue weighted by molar-refractivity contribution is 7.07. The molecule has 1 aromatic heterocycles. The van der Waals surface area contributed by atoms with E-state index >= 15 is 0 Å². The molecule has 0 aliphatic heterocycles. The maximum absolute atomic E-state index is 12.0. The maximum atomic E-state index is 12.0. The summed E-state index contributed by atoms with van der Waals surface area (Å²) in [6, 6.07) is 7.72. The van der Waals surface area contributed by atoms with E-state index in [0.717, 1.165) is 11.3 Å². The molecule has 0 spiro atoms. The number of benzene rings is 1. The van der Waals surface area contributed by atoms with Crippen LogP contribution in [0.25, 0.3) is 0 Å². The number of Topliss-reactive ketones (excluding diaryl/α,β-unsaturated/α-hetero) is 1. The topological polar surface area (TPSA) is 20.9 Å². The molecule has 0 amide bonds. The second-order valence-electron chi connectivity index (χ2n) is 3.92. The Bertz CT molecular complexity index is 504. The van der Waals surface area contributed by atoms with Gasteiger partial charge in [-0.25, -0.2) is 0 Å². The molecule has 0 unspecified atom stereocenters. The van der Waals surface area contributed by atoms with E-state index in [9.17, 15) is 4.79 Å². The Labute approximate surface area is 111 Å². The average molecular weight is 268 g/mol. The normalized spacial score (nSPS) is 9.76. The summed E-state index contributed by atoms with van der Waals surface area (Å²) in [6.45, 7) is 4.46. The van der Waals surface area contributed by atoms with E-state index < -0.39 is 0 Å². The number of carbonyl (C=O) groups is 1. The Morgan fingerprint density at radius 1 is 1.24 bits per heavy atom. The zero-order valence-corrected chi connectivity index (χ0v) is 11.4. The summed E-state index contributed by atoms with van der Waals surface area (Å²) in [5, 5.41) is 2.04. The van der Waals surface area contributed by atoms with Crippen LogP contribution in [0.2, 0.25) is 0 Å². The zero-order valence-electron chi connectivity index (χ0n) is 9.81. The lowest BCUT2D eigenvalue weighted by atomic mass is 10.1. The molecule has 1 aromatic carbocycles. The molecule has 0 radical (unpaired) electrons. The van der Waals surface area contributed by atoms with Crippen molar-refractivity contribution in [1.29, 1.82) is 0 Å². The molecule has 0 aliphatic carbocycles. The van der Waals surface area contributed by atoms with Gasteiger partial charge in [-0.3, -0.25) is 4.79 Å². The number of aromatic nitrogens is 1. The summed E-state index contributed by atoms with van der Waals surface area (Å²) in [6.07, 6.45) is 0. The molecule has 0 atom stereocenters. The van der Waals surface area contributed by atoms with E-state index in [4.69, 9.17) is 0 Å². The molecule has 0 aliphatic rings. The number of aryl methyl sites for hydroxylation is 2. The van der Waals surface area contributed by atoms with Gasteiger partial charge in [0.15, 0.2) is 5.69 Å². The minimum atomic E-state index is 0. The third-order valence-corrected chi connectivity index (χ3v) is 3.42. The van der Waals surface area contributed by atoms with Crippen molar-refractivity contribution < 1.29 is 21.8 Å². The predicted molar refractivity (Wildman–Crippen MR) is 64.8 cm³/mol. The smallest absolute Gasteiger partial charge is 0.227 e. The van der Waals surface area contributed by atoms with Gasteiger partial charge in [0.05, 0.1) is 5.38 Å². The van der Waals surface area contributed by atoms with Crippen molar-refractivity contribution in [3.8, 4) is 0 Å². The molecule has 0 saturated heterocycles. The van der Waals surface area contributed by atoms with Crippen LogP contribution in [0.4, 0.5) is 0 Å². The van der Waals surface area contributed by atoms with Gasteiger partial charge in [-0.15, -0.1) is 0 Å². The van der Waals surface area contributed by atoms with E-state index in [1.54, 1.807) is 11.3 Å². The number of halogens is 1. The van der Waals surface area contributed by atoms with Crippen LogP contribution in [0.15, 0.2) is 35.2 Å². The number of hydrogen-bond acceptors (Lipinski definition) is 2. The van der Waals surface area contributed by atoms with Gasteiger partial charge in [-0.05, 0) is 6.92 Å². The molecular formula is C13H14ClNOS. The van der Waals surface area contributed by atoms with Crippen LogP contribution in [0.3, 0.4) is 0 Å². The van der Waals surface area contributed by atoms with Gasteiger partial charge in [0.1, 0.15) is 0 Å². The minimum absolute atomic E-state index is 0. The third-order valence-electron chi connectivity index (χ3n) is 2.57.